The van der Waals surface area contributed by atoms with Gasteiger partial charge < -0.3 is 4.57 Å². The fourth-order valence-electron chi connectivity index (χ4n) is 4.03. The van der Waals surface area contributed by atoms with Crippen molar-refractivity contribution >= 4 is 50.8 Å². The molecule has 3 aromatic heterocycles. The van der Waals surface area contributed by atoms with Crippen molar-refractivity contribution in [2.75, 3.05) is 0 Å². The Morgan fingerprint density at radius 2 is 1.45 bits per heavy atom. The minimum atomic E-state index is 0.724. The zero-order valence-electron chi connectivity index (χ0n) is 16.4. The molecule has 3 aromatic carbocycles. The van der Waals surface area contributed by atoms with E-state index in [-0.39, 0.29) is 0 Å². The maximum absolute atomic E-state index is 11.0. The number of rotatable bonds is 4. The quantitative estimate of drug-likeness (QED) is 0.269. The summed E-state index contributed by atoms with van der Waals surface area (Å²) in [4.78, 5) is 17.5. The number of hydrogen-bond acceptors (Lipinski definition) is 4. The molecule has 3 nitrogen and oxygen atoms in total. The molecule has 3 heterocycles. The minimum Gasteiger partial charge on any atom is -0.309 e. The van der Waals surface area contributed by atoms with E-state index in [1.807, 2.05) is 12.1 Å². The van der Waals surface area contributed by atoms with Gasteiger partial charge in [0.1, 0.15) is 5.01 Å². The summed E-state index contributed by atoms with van der Waals surface area (Å²) in [5.41, 5.74) is 5.58. The van der Waals surface area contributed by atoms with Crippen molar-refractivity contribution < 1.29 is 4.79 Å². The van der Waals surface area contributed by atoms with Crippen molar-refractivity contribution in [3.8, 4) is 26.8 Å². The van der Waals surface area contributed by atoms with E-state index in [2.05, 4.69) is 82.7 Å². The van der Waals surface area contributed by atoms with Gasteiger partial charge in [-0.2, -0.15) is 0 Å². The Balaban J connectivity index is 1.41. The van der Waals surface area contributed by atoms with E-state index < -0.39 is 0 Å². The van der Waals surface area contributed by atoms with Crippen LogP contribution >= 0.6 is 22.7 Å². The summed E-state index contributed by atoms with van der Waals surface area (Å²) >= 11 is 3.08. The van der Waals surface area contributed by atoms with Crippen LogP contribution in [0.2, 0.25) is 0 Å². The molecular weight excluding hydrogens is 420 g/mol. The van der Waals surface area contributed by atoms with Crippen LogP contribution in [-0.4, -0.2) is 15.8 Å². The monoisotopic (exact) mass is 436 g/mol. The van der Waals surface area contributed by atoms with Gasteiger partial charge >= 0.3 is 0 Å². The normalized spacial score (nSPS) is 11.4. The van der Waals surface area contributed by atoms with Gasteiger partial charge in [0.05, 0.1) is 26.5 Å². The maximum atomic E-state index is 11.0. The van der Waals surface area contributed by atoms with Crippen molar-refractivity contribution in [3.63, 3.8) is 0 Å². The van der Waals surface area contributed by atoms with Gasteiger partial charge in [0.25, 0.3) is 0 Å². The highest BCUT2D eigenvalue weighted by Crippen LogP contribution is 2.35. The maximum Gasteiger partial charge on any atom is 0.160 e. The van der Waals surface area contributed by atoms with E-state index in [9.17, 15) is 4.79 Å². The summed E-state index contributed by atoms with van der Waals surface area (Å²) in [5.74, 6) is 0. The van der Waals surface area contributed by atoms with Crippen LogP contribution in [0.3, 0.4) is 0 Å². The van der Waals surface area contributed by atoms with Crippen molar-refractivity contribution in [3.05, 3.63) is 95.2 Å². The van der Waals surface area contributed by atoms with Crippen molar-refractivity contribution in [1.82, 2.24) is 9.55 Å². The van der Waals surface area contributed by atoms with Gasteiger partial charge in [0, 0.05) is 27.4 Å². The van der Waals surface area contributed by atoms with Crippen LogP contribution in [0.1, 0.15) is 9.67 Å². The van der Waals surface area contributed by atoms with Gasteiger partial charge in [-0.25, -0.2) is 4.98 Å². The van der Waals surface area contributed by atoms with Crippen LogP contribution in [0.4, 0.5) is 0 Å². The molecule has 0 aliphatic heterocycles. The Morgan fingerprint density at radius 3 is 2.10 bits per heavy atom. The number of para-hydroxylation sites is 2. The summed E-state index contributed by atoms with van der Waals surface area (Å²) in [5, 5.41) is 5.54. The third-order valence-corrected chi connectivity index (χ3v) is 7.48. The second kappa shape index (κ2) is 7.30. The van der Waals surface area contributed by atoms with Gasteiger partial charge in [-0.1, -0.05) is 48.5 Å². The first-order chi connectivity index (χ1) is 15.3. The molecule has 0 fully saturated rings. The molecular formula is C26H16N2OS2. The highest BCUT2D eigenvalue weighted by atomic mass is 32.1. The minimum absolute atomic E-state index is 0.724. The third kappa shape index (κ3) is 3.02. The highest BCUT2D eigenvalue weighted by Gasteiger charge is 2.12. The van der Waals surface area contributed by atoms with Gasteiger partial charge in [-0.3, -0.25) is 4.79 Å². The first kappa shape index (κ1) is 18.2. The average molecular weight is 437 g/mol. The number of thiophene rings is 1. The van der Waals surface area contributed by atoms with Crippen LogP contribution < -0.4 is 0 Å². The predicted molar refractivity (Wildman–Crippen MR) is 131 cm³/mol. The number of benzene rings is 3. The Labute approximate surface area is 186 Å². The van der Waals surface area contributed by atoms with Crippen molar-refractivity contribution in [1.29, 1.82) is 0 Å². The van der Waals surface area contributed by atoms with Crippen LogP contribution in [-0.2, 0) is 0 Å². The van der Waals surface area contributed by atoms with E-state index in [4.69, 9.17) is 4.98 Å². The summed E-state index contributed by atoms with van der Waals surface area (Å²) in [6, 6.07) is 29.4. The number of aromatic nitrogens is 2. The van der Waals surface area contributed by atoms with E-state index in [0.29, 0.717) is 0 Å². The van der Waals surface area contributed by atoms with Crippen LogP contribution in [0, 0.1) is 0 Å². The lowest BCUT2D eigenvalue weighted by atomic mass is 10.1. The van der Waals surface area contributed by atoms with Gasteiger partial charge in [-0.05, 0) is 36.4 Å². The zero-order chi connectivity index (χ0) is 20.8. The van der Waals surface area contributed by atoms with E-state index in [0.717, 1.165) is 38.0 Å². The van der Waals surface area contributed by atoms with Crippen molar-refractivity contribution in [2.24, 2.45) is 0 Å². The molecule has 31 heavy (non-hydrogen) atoms. The Kier molecular flexibility index (Phi) is 4.30. The van der Waals surface area contributed by atoms with Crippen LogP contribution in [0.15, 0.2) is 90.3 Å². The first-order valence-electron chi connectivity index (χ1n) is 9.92. The van der Waals surface area contributed by atoms with E-state index >= 15 is 0 Å². The molecule has 0 saturated heterocycles. The molecule has 6 aromatic rings. The first-order valence-corrected chi connectivity index (χ1v) is 11.6. The number of carbonyl (C=O) groups is 1. The Bertz CT molecular complexity index is 1500. The lowest BCUT2D eigenvalue weighted by Gasteiger charge is -2.08. The summed E-state index contributed by atoms with van der Waals surface area (Å²) in [7, 11) is 0. The van der Waals surface area contributed by atoms with Gasteiger partial charge in [0.2, 0.25) is 0 Å². The number of nitrogens with zero attached hydrogens (tertiary/aromatic N) is 2. The molecule has 0 aliphatic rings. The molecule has 0 aliphatic carbocycles. The van der Waals surface area contributed by atoms with Crippen LogP contribution in [0.25, 0.3) is 48.6 Å². The van der Waals surface area contributed by atoms with Crippen molar-refractivity contribution in [2.45, 2.75) is 0 Å². The number of aldehydes is 1. The number of carbonyl (C=O) groups excluding carboxylic acids is 1. The predicted octanol–water partition coefficient (Wildman–Crippen LogP) is 7.45. The largest absolute Gasteiger partial charge is 0.309 e. The van der Waals surface area contributed by atoms with Gasteiger partial charge in [-0.15, -0.1) is 22.7 Å². The Morgan fingerprint density at radius 1 is 0.774 bits per heavy atom. The highest BCUT2D eigenvalue weighted by molar-refractivity contribution is 7.22. The molecule has 0 unspecified atom stereocenters. The van der Waals surface area contributed by atoms with Gasteiger partial charge in [0.15, 0.2) is 6.29 Å². The summed E-state index contributed by atoms with van der Waals surface area (Å²) < 4.78 is 2.31. The number of fused-ring (bicyclic) bond motifs is 3. The van der Waals surface area contributed by atoms with E-state index in [1.54, 1.807) is 11.3 Å². The second-order valence-electron chi connectivity index (χ2n) is 7.27. The molecule has 0 spiro atoms. The molecule has 0 radical (unpaired) electrons. The molecule has 0 N–H and O–H groups in total. The third-order valence-electron chi connectivity index (χ3n) is 5.46. The lowest BCUT2D eigenvalue weighted by molar-refractivity contribution is 0.112. The molecule has 0 bridgehead atoms. The molecule has 6 rings (SSSR count). The number of thiazole rings is 1. The molecule has 0 saturated carbocycles. The number of hydrogen-bond donors (Lipinski definition) is 0. The molecule has 0 amide bonds. The summed E-state index contributed by atoms with van der Waals surface area (Å²) in [6.07, 6.45) is 0.885. The second-order valence-corrected chi connectivity index (χ2v) is 9.25. The lowest BCUT2D eigenvalue weighted by Crippen LogP contribution is -1.93. The SMILES string of the molecule is O=Cc1ccc(-c2nc(-c3ccc(-n4c5ccccc5c5ccccc54)cc3)cs2)s1. The Hall–Kier alpha value is -3.54. The average Bonchev–Trinajstić information content (AvgIpc) is 3.56. The smallest absolute Gasteiger partial charge is 0.160 e. The summed E-state index contributed by atoms with van der Waals surface area (Å²) in [6.45, 7) is 0. The fraction of sp³-hybridized carbons (Fsp3) is 0. The standard InChI is InChI=1S/C26H16N2OS2/c29-15-19-13-14-25(31-19)26-27-22(16-30-26)17-9-11-18(12-10-17)28-23-7-3-1-5-20(23)21-6-2-4-8-24(21)28/h1-16H. The molecule has 5 heteroatoms. The van der Waals surface area contributed by atoms with Crippen LogP contribution in [0.5, 0.6) is 0 Å². The zero-order valence-corrected chi connectivity index (χ0v) is 18.0. The van der Waals surface area contributed by atoms with E-state index in [1.165, 1.54) is 33.1 Å². The molecule has 0 atom stereocenters. The topological polar surface area (TPSA) is 34.9 Å². The fourth-order valence-corrected chi connectivity index (χ4v) is 5.76. The molecule has 148 valence electrons.